The molecule has 0 aromatic carbocycles. The number of carbonyl (C=O) groups is 4. The third-order valence-electron chi connectivity index (χ3n) is 1.61. The summed E-state index contributed by atoms with van der Waals surface area (Å²) in [4.78, 5) is 42.8. The average Bonchev–Trinajstić information content (AvgIpc) is 2.25. The SMILES string of the molecule is N[C@@H](CO)C(=O)OC(=O)C=C(CC(=O)O)C(=O)O. The summed E-state index contributed by atoms with van der Waals surface area (Å²) in [6.45, 7) is -0.753. The van der Waals surface area contributed by atoms with E-state index >= 15 is 0 Å². The lowest BCUT2D eigenvalue weighted by Gasteiger charge is -2.05. The fourth-order valence-corrected chi connectivity index (χ4v) is 0.772. The molecule has 0 rings (SSSR count). The monoisotopic (exact) mass is 261 g/mol. The van der Waals surface area contributed by atoms with E-state index in [1.54, 1.807) is 0 Å². The number of aliphatic carboxylic acids is 2. The third kappa shape index (κ3) is 5.72. The molecule has 1 atom stereocenters. The van der Waals surface area contributed by atoms with Crippen molar-refractivity contribution in [1.82, 2.24) is 0 Å². The summed E-state index contributed by atoms with van der Waals surface area (Å²) in [5.41, 5.74) is 4.28. The number of ether oxygens (including phenoxy) is 1. The van der Waals surface area contributed by atoms with Crippen LogP contribution in [0.4, 0.5) is 0 Å². The molecule has 100 valence electrons. The highest BCUT2D eigenvalue weighted by atomic mass is 16.6. The van der Waals surface area contributed by atoms with Crippen LogP contribution in [0.25, 0.3) is 0 Å². The molecule has 0 aliphatic carbocycles. The van der Waals surface area contributed by atoms with E-state index in [9.17, 15) is 19.2 Å². The zero-order valence-corrected chi connectivity index (χ0v) is 9.03. The van der Waals surface area contributed by atoms with E-state index in [1.807, 2.05) is 0 Å². The molecule has 0 unspecified atom stereocenters. The van der Waals surface area contributed by atoms with Crippen LogP contribution in [0, 0.1) is 0 Å². The van der Waals surface area contributed by atoms with Crippen LogP contribution < -0.4 is 5.73 Å². The van der Waals surface area contributed by atoms with Gasteiger partial charge in [-0.05, 0) is 0 Å². The molecule has 0 heterocycles. The molecule has 0 aromatic rings. The molecule has 9 nitrogen and oxygen atoms in total. The Hall–Kier alpha value is -2.26. The quantitative estimate of drug-likeness (QED) is 0.237. The van der Waals surface area contributed by atoms with Crippen molar-refractivity contribution >= 4 is 23.9 Å². The molecule has 0 saturated carbocycles. The van der Waals surface area contributed by atoms with Crippen molar-refractivity contribution in [3.05, 3.63) is 11.6 Å². The fourth-order valence-electron chi connectivity index (χ4n) is 0.772. The van der Waals surface area contributed by atoms with Gasteiger partial charge >= 0.3 is 23.9 Å². The summed E-state index contributed by atoms with van der Waals surface area (Å²) < 4.78 is 4.07. The number of hydrogen-bond donors (Lipinski definition) is 4. The van der Waals surface area contributed by atoms with E-state index in [4.69, 9.17) is 21.1 Å². The Morgan fingerprint density at radius 1 is 1.22 bits per heavy atom. The largest absolute Gasteiger partial charge is 0.481 e. The second kappa shape index (κ2) is 7.14. The van der Waals surface area contributed by atoms with Crippen LogP contribution in [0.1, 0.15) is 6.42 Å². The number of carbonyl (C=O) groups excluding carboxylic acids is 2. The molecule has 0 aromatic heterocycles. The summed E-state index contributed by atoms with van der Waals surface area (Å²) in [5, 5.41) is 25.4. The normalized spacial score (nSPS) is 12.7. The van der Waals surface area contributed by atoms with Crippen LogP contribution in [-0.2, 0) is 23.9 Å². The van der Waals surface area contributed by atoms with Crippen molar-refractivity contribution in [3.8, 4) is 0 Å². The van der Waals surface area contributed by atoms with Crippen LogP contribution in [0.2, 0.25) is 0 Å². The van der Waals surface area contributed by atoms with Gasteiger partial charge in [0.25, 0.3) is 0 Å². The van der Waals surface area contributed by atoms with Gasteiger partial charge in [0.1, 0.15) is 6.04 Å². The Morgan fingerprint density at radius 3 is 2.17 bits per heavy atom. The predicted molar refractivity (Wildman–Crippen MR) is 54.1 cm³/mol. The molecule has 5 N–H and O–H groups in total. The first-order chi connectivity index (χ1) is 8.27. The van der Waals surface area contributed by atoms with Crippen LogP contribution >= 0.6 is 0 Å². The van der Waals surface area contributed by atoms with Gasteiger partial charge in [-0.3, -0.25) is 4.79 Å². The maximum atomic E-state index is 11.1. The zero-order valence-electron chi connectivity index (χ0n) is 9.03. The van der Waals surface area contributed by atoms with Crippen molar-refractivity contribution in [1.29, 1.82) is 0 Å². The Bertz CT molecular complexity index is 399. The number of carboxylic acids is 2. The first-order valence-corrected chi connectivity index (χ1v) is 4.55. The van der Waals surface area contributed by atoms with Crippen LogP contribution in [0.3, 0.4) is 0 Å². The Balaban J connectivity index is 4.71. The van der Waals surface area contributed by atoms with E-state index in [0.29, 0.717) is 6.08 Å². The van der Waals surface area contributed by atoms with Crippen LogP contribution in [0.5, 0.6) is 0 Å². The smallest absolute Gasteiger partial charge is 0.339 e. The summed E-state index contributed by atoms with van der Waals surface area (Å²) in [5.74, 6) is -5.72. The summed E-state index contributed by atoms with van der Waals surface area (Å²) >= 11 is 0. The van der Waals surface area contributed by atoms with E-state index in [2.05, 4.69) is 4.74 Å². The van der Waals surface area contributed by atoms with Crippen molar-refractivity contribution in [2.45, 2.75) is 12.5 Å². The van der Waals surface area contributed by atoms with Crippen molar-refractivity contribution in [2.24, 2.45) is 5.73 Å². The summed E-state index contributed by atoms with van der Waals surface area (Å²) in [6.07, 6.45) is -0.552. The number of hydrogen-bond acceptors (Lipinski definition) is 7. The van der Waals surface area contributed by atoms with Gasteiger partial charge in [0.05, 0.1) is 18.6 Å². The van der Waals surface area contributed by atoms with Gasteiger partial charge < -0.3 is 25.8 Å². The summed E-state index contributed by atoms with van der Waals surface area (Å²) in [6, 6.07) is -1.44. The minimum Gasteiger partial charge on any atom is -0.481 e. The minimum absolute atomic E-state index is 0.360. The lowest BCUT2D eigenvalue weighted by atomic mass is 10.2. The summed E-state index contributed by atoms with van der Waals surface area (Å²) in [7, 11) is 0. The van der Waals surface area contributed by atoms with Gasteiger partial charge in [-0.1, -0.05) is 0 Å². The minimum atomic E-state index is -1.63. The van der Waals surface area contributed by atoms with E-state index in [0.717, 1.165) is 0 Å². The number of carboxylic acid groups (broad SMARTS) is 2. The Kier molecular flexibility index (Phi) is 6.24. The predicted octanol–water partition coefficient (Wildman–Crippen LogP) is -2.14. The van der Waals surface area contributed by atoms with Crippen LogP contribution in [-0.4, -0.2) is 51.8 Å². The van der Waals surface area contributed by atoms with E-state index in [1.165, 1.54) is 0 Å². The molecule has 9 heteroatoms. The number of aliphatic hydroxyl groups is 1. The lowest BCUT2D eigenvalue weighted by Crippen LogP contribution is -2.36. The standard InChI is InChI=1S/C9H11NO8/c10-5(3-11)9(17)18-7(14)2-4(8(15)16)1-6(12)13/h2,5,11H,1,3,10H2,(H,12,13)(H,15,16)/t5-/m0/s1. The Morgan fingerprint density at radius 2 is 1.78 bits per heavy atom. The number of esters is 2. The lowest BCUT2D eigenvalue weighted by molar-refractivity contribution is -0.158. The van der Waals surface area contributed by atoms with Gasteiger partial charge in [0.15, 0.2) is 0 Å². The van der Waals surface area contributed by atoms with Gasteiger partial charge in [0.2, 0.25) is 0 Å². The number of rotatable bonds is 6. The van der Waals surface area contributed by atoms with E-state index in [-0.39, 0.29) is 0 Å². The molecule has 18 heavy (non-hydrogen) atoms. The van der Waals surface area contributed by atoms with Gasteiger partial charge in [-0.15, -0.1) is 0 Å². The molecule has 0 spiro atoms. The van der Waals surface area contributed by atoms with Crippen molar-refractivity contribution in [2.75, 3.05) is 6.61 Å². The maximum Gasteiger partial charge on any atom is 0.339 e. The van der Waals surface area contributed by atoms with Crippen molar-refractivity contribution in [3.63, 3.8) is 0 Å². The first-order valence-electron chi connectivity index (χ1n) is 4.55. The highest BCUT2D eigenvalue weighted by Crippen LogP contribution is 2.03. The molecule has 0 amide bonds. The topological polar surface area (TPSA) is 164 Å². The highest BCUT2D eigenvalue weighted by molar-refractivity contribution is 6.01. The van der Waals surface area contributed by atoms with Gasteiger partial charge in [-0.2, -0.15) is 0 Å². The first kappa shape index (κ1) is 15.7. The van der Waals surface area contributed by atoms with E-state index < -0.39 is 48.5 Å². The molecule has 0 fully saturated rings. The molecule has 0 aliphatic heterocycles. The second-order valence-corrected chi connectivity index (χ2v) is 3.07. The second-order valence-electron chi connectivity index (χ2n) is 3.07. The fraction of sp³-hybridized carbons (Fsp3) is 0.333. The molecule has 0 bridgehead atoms. The molecule has 0 saturated heterocycles. The van der Waals surface area contributed by atoms with Gasteiger partial charge in [0, 0.05) is 6.08 Å². The molecular weight excluding hydrogens is 250 g/mol. The number of aliphatic hydroxyl groups excluding tert-OH is 1. The molecule has 0 aliphatic rings. The number of nitrogens with two attached hydrogens (primary N) is 1. The third-order valence-corrected chi connectivity index (χ3v) is 1.61. The molecule has 0 radical (unpaired) electrons. The highest BCUT2D eigenvalue weighted by Gasteiger charge is 2.19. The molecular formula is C9H11NO8. The average molecular weight is 261 g/mol. The zero-order chi connectivity index (χ0) is 14.3. The Labute approximate surface area is 100 Å². The van der Waals surface area contributed by atoms with Crippen LogP contribution in [0.15, 0.2) is 11.6 Å². The van der Waals surface area contributed by atoms with Gasteiger partial charge in [-0.25, -0.2) is 14.4 Å². The van der Waals surface area contributed by atoms with Crippen molar-refractivity contribution < 1.29 is 39.2 Å². The maximum absolute atomic E-state index is 11.1.